The minimum Gasteiger partial charge on any atom is -0.492 e. The number of hydrogen-bond acceptors (Lipinski definition) is 6. The largest absolute Gasteiger partial charge is 0.492 e. The Morgan fingerprint density at radius 1 is 1.21 bits per heavy atom. The van der Waals surface area contributed by atoms with E-state index < -0.39 is 0 Å². The van der Waals surface area contributed by atoms with Gasteiger partial charge in [0.25, 0.3) is 0 Å². The summed E-state index contributed by atoms with van der Waals surface area (Å²) in [4.78, 5) is 15.2. The highest BCUT2D eigenvalue weighted by molar-refractivity contribution is 7.09. The zero-order chi connectivity index (χ0) is 16.2. The molecule has 0 radical (unpaired) electrons. The maximum absolute atomic E-state index is 5.94. The number of imidazole rings is 1. The fraction of sp³-hybridized carbons (Fsp3) is 0.353. The van der Waals surface area contributed by atoms with Crippen molar-refractivity contribution < 1.29 is 4.74 Å². The SMILES string of the molecule is c1cncc(OCC2CN(Cc3nccs3)Cc3cncn3C2)c1. The molecule has 0 aromatic carbocycles. The molecular weight excluding hydrogens is 322 g/mol. The molecule has 0 saturated heterocycles. The number of aromatic nitrogens is 4. The first-order valence-electron chi connectivity index (χ1n) is 7.99. The van der Waals surface area contributed by atoms with E-state index in [0.717, 1.165) is 36.9 Å². The fourth-order valence-corrected chi connectivity index (χ4v) is 3.69. The van der Waals surface area contributed by atoms with Gasteiger partial charge in [0, 0.05) is 49.5 Å². The summed E-state index contributed by atoms with van der Waals surface area (Å²) in [6, 6.07) is 3.84. The standard InChI is InChI=1S/C17H19N5OS/c1-2-16(7-18-3-1)23-12-14-8-21(11-17-20-4-5-24-17)10-15-6-19-13-22(15)9-14/h1-7,13-14H,8-12H2. The van der Waals surface area contributed by atoms with Gasteiger partial charge >= 0.3 is 0 Å². The van der Waals surface area contributed by atoms with E-state index in [4.69, 9.17) is 4.74 Å². The Morgan fingerprint density at radius 2 is 2.21 bits per heavy atom. The maximum atomic E-state index is 5.94. The van der Waals surface area contributed by atoms with Crippen molar-refractivity contribution in [3.05, 3.63) is 59.3 Å². The third-order valence-electron chi connectivity index (χ3n) is 4.12. The Labute approximate surface area is 144 Å². The predicted octanol–water partition coefficient (Wildman–Crippen LogP) is 2.45. The molecule has 3 aromatic heterocycles. The summed E-state index contributed by atoms with van der Waals surface area (Å²) >= 11 is 1.70. The number of pyridine rings is 1. The normalized spacial score (nSPS) is 18.1. The van der Waals surface area contributed by atoms with E-state index >= 15 is 0 Å². The Kier molecular flexibility index (Phi) is 4.53. The summed E-state index contributed by atoms with van der Waals surface area (Å²) in [5.41, 5.74) is 1.25. The summed E-state index contributed by atoms with van der Waals surface area (Å²) in [6.45, 7) is 4.32. The fourth-order valence-electron chi connectivity index (χ4n) is 3.03. The van der Waals surface area contributed by atoms with Crippen LogP contribution >= 0.6 is 11.3 Å². The summed E-state index contributed by atoms with van der Waals surface area (Å²) in [6.07, 6.45) is 9.25. The van der Waals surface area contributed by atoms with Crippen LogP contribution in [0.5, 0.6) is 5.75 Å². The minimum absolute atomic E-state index is 0.389. The van der Waals surface area contributed by atoms with Gasteiger partial charge in [-0.2, -0.15) is 0 Å². The first-order chi connectivity index (χ1) is 11.9. The lowest BCUT2D eigenvalue weighted by Crippen LogP contribution is -2.30. The smallest absolute Gasteiger partial charge is 0.137 e. The van der Waals surface area contributed by atoms with Crippen molar-refractivity contribution in [1.29, 1.82) is 0 Å². The quantitative estimate of drug-likeness (QED) is 0.713. The molecule has 0 aliphatic carbocycles. The van der Waals surface area contributed by atoms with E-state index in [1.165, 1.54) is 5.69 Å². The molecule has 0 spiro atoms. The zero-order valence-electron chi connectivity index (χ0n) is 13.3. The second-order valence-electron chi connectivity index (χ2n) is 6.00. The summed E-state index contributed by atoms with van der Waals surface area (Å²) in [5, 5.41) is 3.18. The maximum Gasteiger partial charge on any atom is 0.137 e. The Morgan fingerprint density at radius 3 is 3.04 bits per heavy atom. The highest BCUT2D eigenvalue weighted by atomic mass is 32.1. The lowest BCUT2D eigenvalue weighted by molar-refractivity contribution is 0.167. The number of rotatable bonds is 5. The monoisotopic (exact) mass is 341 g/mol. The van der Waals surface area contributed by atoms with Crippen molar-refractivity contribution in [3.63, 3.8) is 0 Å². The average molecular weight is 341 g/mol. The van der Waals surface area contributed by atoms with Crippen LogP contribution in [0.15, 0.2) is 48.6 Å². The predicted molar refractivity (Wildman–Crippen MR) is 91.7 cm³/mol. The molecule has 0 fully saturated rings. The number of hydrogen-bond donors (Lipinski definition) is 0. The molecule has 4 rings (SSSR count). The van der Waals surface area contributed by atoms with Gasteiger partial charge in [-0.15, -0.1) is 11.3 Å². The molecule has 7 heteroatoms. The molecule has 1 aliphatic rings. The number of thiazole rings is 1. The van der Waals surface area contributed by atoms with Crippen LogP contribution in [0.2, 0.25) is 0 Å². The lowest BCUT2D eigenvalue weighted by atomic mass is 10.1. The Balaban J connectivity index is 1.46. The van der Waals surface area contributed by atoms with E-state index in [1.807, 2.05) is 36.2 Å². The number of nitrogens with zero attached hydrogens (tertiary/aromatic N) is 5. The first-order valence-corrected chi connectivity index (χ1v) is 8.87. The lowest BCUT2D eigenvalue weighted by Gasteiger charge is -2.23. The minimum atomic E-state index is 0.389. The molecule has 24 heavy (non-hydrogen) atoms. The van der Waals surface area contributed by atoms with Gasteiger partial charge in [-0.1, -0.05) is 0 Å². The Bertz CT molecular complexity index is 758. The van der Waals surface area contributed by atoms with Crippen LogP contribution in [0.4, 0.5) is 0 Å². The van der Waals surface area contributed by atoms with Crippen LogP contribution in [0.1, 0.15) is 10.7 Å². The van der Waals surface area contributed by atoms with Crippen molar-refractivity contribution in [2.45, 2.75) is 19.6 Å². The van der Waals surface area contributed by atoms with E-state index in [-0.39, 0.29) is 0 Å². The molecule has 0 bridgehead atoms. The molecule has 6 nitrogen and oxygen atoms in total. The molecule has 3 aromatic rings. The van der Waals surface area contributed by atoms with E-state index in [1.54, 1.807) is 23.7 Å². The third kappa shape index (κ3) is 3.63. The molecule has 124 valence electrons. The van der Waals surface area contributed by atoms with Gasteiger partial charge in [0.05, 0.1) is 31.4 Å². The molecule has 4 heterocycles. The van der Waals surface area contributed by atoms with Crippen molar-refractivity contribution >= 4 is 11.3 Å². The molecule has 1 unspecified atom stereocenters. The summed E-state index contributed by atoms with van der Waals surface area (Å²) < 4.78 is 8.18. The first kappa shape index (κ1) is 15.3. The number of fused-ring (bicyclic) bond motifs is 1. The average Bonchev–Trinajstić information content (AvgIpc) is 3.23. The molecule has 0 amide bonds. The third-order valence-corrected chi connectivity index (χ3v) is 4.88. The van der Waals surface area contributed by atoms with Crippen LogP contribution in [-0.4, -0.2) is 37.6 Å². The zero-order valence-corrected chi connectivity index (χ0v) is 14.1. The van der Waals surface area contributed by atoms with Gasteiger partial charge in [-0.05, 0) is 12.1 Å². The highest BCUT2D eigenvalue weighted by Crippen LogP contribution is 2.20. The van der Waals surface area contributed by atoms with E-state index in [0.29, 0.717) is 12.5 Å². The van der Waals surface area contributed by atoms with E-state index in [2.05, 4.69) is 24.4 Å². The second-order valence-corrected chi connectivity index (χ2v) is 6.98. The second kappa shape index (κ2) is 7.11. The van der Waals surface area contributed by atoms with Gasteiger partial charge in [-0.3, -0.25) is 9.88 Å². The van der Waals surface area contributed by atoms with Crippen LogP contribution in [0.25, 0.3) is 0 Å². The summed E-state index contributed by atoms with van der Waals surface area (Å²) in [7, 11) is 0. The van der Waals surface area contributed by atoms with E-state index in [9.17, 15) is 0 Å². The van der Waals surface area contributed by atoms with Crippen LogP contribution in [-0.2, 0) is 19.6 Å². The molecule has 0 N–H and O–H groups in total. The highest BCUT2D eigenvalue weighted by Gasteiger charge is 2.23. The van der Waals surface area contributed by atoms with Gasteiger partial charge in [0.15, 0.2) is 0 Å². The summed E-state index contributed by atoms with van der Waals surface area (Å²) in [5.74, 6) is 1.21. The van der Waals surface area contributed by atoms with Gasteiger partial charge in [-0.25, -0.2) is 9.97 Å². The van der Waals surface area contributed by atoms with Crippen molar-refractivity contribution in [2.24, 2.45) is 5.92 Å². The Hall–Kier alpha value is -2.25. The van der Waals surface area contributed by atoms with Crippen molar-refractivity contribution in [2.75, 3.05) is 13.2 Å². The molecule has 1 aliphatic heterocycles. The van der Waals surface area contributed by atoms with Crippen molar-refractivity contribution in [3.8, 4) is 5.75 Å². The number of ether oxygens (including phenoxy) is 1. The van der Waals surface area contributed by atoms with Crippen LogP contribution in [0.3, 0.4) is 0 Å². The van der Waals surface area contributed by atoms with Gasteiger partial charge in [0.1, 0.15) is 10.8 Å². The van der Waals surface area contributed by atoms with Crippen LogP contribution < -0.4 is 4.74 Å². The van der Waals surface area contributed by atoms with Crippen LogP contribution in [0, 0.1) is 5.92 Å². The topological polar surface area (TPSA) is 56.1 Å². The van der Waals surface area contributed by atoms with Gasteiger partial charge in [0.2, 0.25) is 0 Å². The van der Waals surface area contributed by atoms with Crippen molar-refractivity contribution in [1.82, 2.24) is 24.4 Å². The molecule has 0 saturated carbocycles. The molecule has 1 atom stereocenters. The van der Waals surface area contributed by atoms with Gasteiger partial charge < -0.3 is 9.30 Å². The molecular formula is C17H19N5OS.